The normalized spacial score (nSPS) is 18.4. The number of sulfone groups is 1. The minimum atomic E-state index is -3.58. The van der Waals surface area contributed by atoms with E-state index in [0.29, 0.717) is 55.0 Å². The van der Waals surface area contributed by atoms with Gasteiger partial charge in [-0.1, -0.05) is 35.9 Å². The van der Waals surface area contributed by atoms with E-state index >= 15 is 0 Å². The number of rotatable bonds is 12. The zero-order chi connectivity index (χ0) is 40.6. The van der Waals surface area contributed by atoms with Gasteiger partial charge in [0.15, 0.2) is 15.7 Å². The Balaban J connectivity index is 0.975. The van der Waals surface area contributed by atoms with Crippen LogP contribution in [0, 0.1) is 6.92 Å². The van der Waals surface area contributed by atoms with Gasteiger partial charge < -0.3 is 30.3 Å². The van der Waals surface area contributed by atoms with Crippen LogP contribution in [0.15, 0.2) is 65.7 Å². The van der Waals surface area contributed by atoms with Crippen molar-refractivity contribution in [2.24, 2.45) is 0 Å². The summed E-state index contributed by atoms with van der Waals surface area (Å²) in [6.45, 7) is 7.69. The van der Waals surface area contributed by atoms with Crippen LogP contribution in [0.5, 0.6) is 5.75 Å². The van der Waals surface area contributed by atoms with E-state index in [2.05, 4.69) is 30.8 Å². The Morgan fingerprint density at radius 2 is 1.81 bits per heavy atom. The summed E-state index contributed by atoms with van der Waals surface area (Å²) in [5.41, 5.74) is 4.16. The predicted octanol–water partition coefficient (Wildman–Crippen LogP) is 5.40. The summed E-state index contributed by atoms with van der Waals surface area (Å²) in [5.74, 6) is 0.0661. The summed E-state index contributed by atoms with van der Waals surface area (Å²) in [6, 6.07) is 15.4. The molecule has 14 nitrogen and oxygen atoms in total. The fourth-order valence-corrected chi connectivity index (χ4v) is 9.02. The molecule has 4 aromatic rings. The monoisotopic (exact) mass is 815 g/mol. The molecule has 3 aliphatic heterocycles. The highest BCUT2D eigenvalue weighted by Gasteiger charge is 2.41. The first-order valence-electron chi connectivity index (χ1n) is 19.0. The number of aliphatic hydroxyl groups is 1. The van der Waals surface area contributed by atoms with Crippen molar-refractivity contribution < 1.29 is 32.6 Å². The Morgan fingerprint density at radius 3 is 2.53 bits per heavy atom. The lowest BCUT2D eigenvalue weighted by Crippen LogP contribution is -2.52. The van der Waals surface area contributed by atoms with Gasteiger partial charge in [-0.25, -0.2) is 13.4 Å². The highest BCUT2D eigenvalue weighted by atomic mass is 35.5. The number of hydrogen-bond donors (Lipinski definition) is 4. The highest BCUT2D eigenvalue weighted by Crippen LogP contribution is 2.38. The number of carbonyl (C=O) groups excluding carboxylic acids is 3. The number of fused-ring (bicyclic) bond motifs is 1. The molecule has 57 heavy (non-hydrogen) atoms. The summed E-state index contributed by atoms with van der Waals surface area (Å²) in [5, 5.41) is 20.0. The number of ether oxygens (including phenoxy) is 1. The zero-order valence-electron chi connectivity index (χ0n) is 32.3. The van der Waals surface area contributed by atoms with Crippen molar-refractivity contribution in [3.05, 3.63) is 93.6 Å². The molecule has 3 aliphatic rings. The van der Waals surface area contributed by atoms with E-state index in [1.165, 1.54) is 11.1 Å². The number of para-hydroxylation sites is 1. The van der Waals surface area contributed by atoms with Gasteiger partial charge in [-0.3, -0.25) is 19.7 Å². The topological polar surface area (TPSA) is 183 Å². The van der Waals surface area contributed by atoms with Crippen LogP contribution in [0.4, 0.5) is 23.1 Å². The lowest BCUT2D eigenvalue weighted by Gasteiger charge is -2.38. The quantitative estimate of drug-likeness (QED) is 0.134. The van der Waals surface area contributed by atoms with Crippen molar-refractivity contribution in [1.82, 2.24) is 25.1 Å². The molecule has 0 saturated carbocycles. The van der Waals surface area contributed by atoms with Crippen molar-refractivity contribution >= 4 is 62.3 Å². The lowest BCUT2D eigenvalue weighted by molar-refractivity contribution is -0.136. The van der Waals surface area contributed by atoms with Gasteiger partial charge in [0.1, 0.15) is 16.8 Å². The van der Waals surface area contributed by atoms with Gasteiger partial charge in [0.2, 0.25) is 17.8 Å². The summed E-state index contributed by atoms with van der Waals surface area (Å²) < 4.78 is 31.8. The molecule has 3 aromatic carbocycles. The van der Waals surface area contributed by atoms with E-state index < -0.39 is 32.6 Å². The van der Waals surface area contributed by atoms with Gasteiger partial charge in [-0.15, -0.1) is 0 Å². The fourth-order valence-electron chi connectivity index (χ4n) is 7.68. The number of hydrogen-bond acceptors (Lipinski definition) is 12. The maximum atomic E-state index is 13.2. The van der Waals surface area contributed by atoms with Gasteiger partial charge in [-0.05, 0) is 99.0 Å². The first kappa shape index (κ1) is 40.1. The zero-order valence-corrected chi connectivity index (χ0v) is 33.8. The van der Waals surface area contributed by atoms with Crippen molar-refractivity contribution in [3.8, 4) is 5.75 Å². The summed E-state index contributed by atoms with van der Waals surface area (Å²) >= 11 is 6.45. The number of likely N-dealkylation sites (tertiary alicyclic amines) is 1. The fraction of sp³-hybridized carbons (Fsp3) is 0.390. The van der Waals surface area contributed by atoms with Crippen LogP contribution in [0.25, 0.3) is 0 Å². The third kappa shape index (κ3) is 8.19. The number of piperidine rings is 2. The molecule has 1 aromatic heterocycles. The second-order valence-corrected chi connectivity index (χ2v) is 18.0. The minimum Gasteiger partial charge on any atom is -0.495 e. The lowest BCUT2D eigenvalue weighted by atomic mass is 9.83. The van der Waals surface area contributed by atoms with Gasteiger partial charge in [0.25, 0.3) is 5.91 Å². The van der Waals surface area contributed by atoms with Crippen LogP contribution in [0.1, 0.15) is 72.1 Å². The molecule has 3 amide bonds. The van der Waals surface area contributed by atoms with Crippen molar-refractivity contribution in [3.63, 3.8) is 0 Å². The Labute approximate surface area is 336 Å². The number of anilines is 4. The number of halogens is 1. The van der Waals surface area contributed by atoms with Crippen LogP contribution >= 0.6 is 11.6 Å². The Hall–Kier alpha value is -5.09. The smallest absolute Gasteiger partial charge is 0.255 e. The van der Waals surface area contributed by atoms with Crippen molar-refractivity contribution in [1.29, 1.82) is 0 Å². The Bertz CT molecular complexity index is 2350. The molecule has 7 rings (SSSR count). The van der Waals surface area contributed by atoms with Crippen molar-refractivity contribution in [2.45, 2.75) is 81.2 Å². The molecule has 0 spiro atoms. The molecule has 0 bridgehead atoms. The molecule has 2 saturated heterocycles. The van der Waals surface area contributed by atoms with Crippen LogP contribution in [-0.2, 0) is 38.0 Å². The van der Waals surface area contributed by atoms with Crippen LogP contribution < -0.4 is 20.7 Å². The molecule has 0 aliphatic carbocycles. The number of carbonyl (C=O) groups is 3. The highest BCUT2D eigenvalue weighted by molar-refractivity contribution is 7.92. The predicted molar refractivity (Wildman–Crippen MR) is 216 cm³/mol. The average molecular weight is 816 g/mol. The van der Waals surface area contributed by atoms with Gasteiger partial charge in [0, 0.05) is 38.2 Å². The molecule has 16 heteroatoms. The molecular weight excluding hydrogens is 770 g/mol. The van der Waals surface area contributed by atoms with Crippen LogP contribution in [-0.4, -0.2) is 89.0 Å². The van der Waals surface area contributed by atoms with Crippen molar-refractivity contribution in [2.75, 3.05) is 37.4 Å². The van der Waals surface area contributed by atoms with E-state index in [9.17, 15) is 27.9 Å². The first-order chi connectivity index (χ1) is 27.2. The number of methoxy groups -OCH3 is 1. The third-order valence-electron chi connectivity index (χ3n) is 11.2. The minimum absolute atomic E-state index is 0.150. The molecule has 300 valence electrons. The number of aryl methyl sites for hydroxylation is 1. The summed E-state index contributed by atoms with van der Waals surface area (Å²) in [6.07, 6.45) is 3.74. The third-order valence-corrected chi connectivity index (χ3v) is 13.6. The van der Waals surface area contributed by atoms with E-state index in [1.807, 2.05) is 31.2 Å². The molecule has 4 N–H and O–H groups in total. The molecular formula is C41H46ClN7O7S. The average Bonchev–Trinajstić information content (AvgIpc) is 3.51. The molecule has 4 heterocycles. The second kappa shape index (κ2) is 16.0. The Kier molecular flexibility index (Phi) is 11.3. The SMILES string of the molecule is COc1cc(CCN2CCC(O)(c3ccc4c(c3)CN(C3CCC(=O)NC3=O)C4=O)CC2)c(C)cc1Nc1ncc(Cl)c(Nc2ccccc2S(=O)(=O)C(C)C)n1. The standard InChI is InChI=1S/C41H46ClN7O7S/c1-24(2)57(54,55)35-8-6-5-7-31(35)44-37-30(42)22-43-40(47-37)45-32-19-25(3)26(21-34(32)56-4)13-16-48-17-14-41(53,15-18-48)28-9-10-29-27(20-28)23-49(39(29)52)33-11-12-36(50)46-38(33)51/h5-10,19-22,24,33,53H,11-18,23H2,1-4H3,(H,46,50,51)(H2,43,44,45,47). The number of nitrogens with one attached hydrogen (secondary N) is 3. The number of imide groups is 1. The van der Waals surface area contributed by atoms with Crippen LogP contribution in [0.3, 0.4) is 0 Å². The Morgan fingerprint density at radius 1 is 1.05 bits per heavy atom. The van der Waals surface area contributed by atoms with Crippen LogP contribution in [0.2, 0.25) is 5.02 Å². The maximum absolute atomic E-state index is 13.2. The second-order valence-electron chi connectivity index (χ2n) is 15.1. The molecule has 0 radical (unpaired) electrons. The van der Waals surface area contributed by atoms with E-state index in [1.54, 1.807) is 51.3 Å². The first-order valence-corrected chi connectivity index (χ1v) is 20.9. The molecule has 2 fully saturated rings. The largest absolute Gasteiger partial charge is 0.495 e. The van der Waals surface area contributed by atoms with Gasteiger partial charge in [-0.2, -0.15) is 4.98 Å². The molecule has 1 unspecified atom stereocenters. The van der Waals surface area contributed by atoms with Gasteiger partial charge >= 0.3 is 0 Å². The summed E-state index contributed by atoms with van der Waals surface area (Å²) in [4.78, 5) is 50.2. The van der Waals surface area contributed by atoms with Gasteiger partial charge in [0.05, 0.1) is 40.4 Å². The van der Waals surface area contributed by atoms with E-state index in [-0.39, 0.29) is 46.5 Å². The number of amides is 3. The number of aromatic nitrogens is 2. The number of nitrogens with zero attached hydrogens (tertiary/aromatic N) is 4. The molecule has 1 atom stereocenters. The summed E-state index contributed by atoms with van der Waals surface area (Å²) in [7, 11) is -1.99. The van der Waals surface area contributed by atoms with E-state index in [4.69, 9.17) is 16.3 Å². The number of benzene rings is 3. The maximum Gasteiger partial charge on any atom is 0.255 e. The van der Waals surface area contributed by atoms with E-state index in [0.717, 1.165) is 35.2 Å².